The van der Waals surface area contributed by atoms with Crippen molar-refractivity contribution in [2.75, 3.05) is 0 Å². The summed E-state index contributed by atoms with van der Waals surface area (Å²) in [5.41, 5.74) is -2.76. The van der Waals surface area contributed by atoms with E-state index in [1.165, 1.54) is 0 Å². The largest absolute Gasteiger partial charge is 0.416 e. The van der Waals surface area contributed by atoms with E-state index in [9.17, 15) is 26.3 Å². The highest BCUT2D eigenvalue weighted by atomic mass is 19.4. The van der Waals surface area contributed by atoms with Gasteiger partial charge in [-0.3, -0.25) is 0 Å². The van der Waals surface area contributed by atoms with E-state index in [2.05, 4.69) is 0 Å². The highest BCUT2D eigenvalue weighted by molar-refractivity contribution is 5.33. The first-order chi connectivity index (χ1) is 10.1. The van der Waals surface area contributed by atoms with Gasteiger partial charge in [0.1, 0.15) is 0 Å². The van der Waals surface area contributed by atoms with Crippen LogP contribution in [0.25, 0.3) is 0 Å². The molecule has 1 rings (SSSR count). The van der Waals surface area contributed by atoms with Gasteiger partial charge in [0.05, 0.1) is 23.8 Å². The molecule has 0 saturated carbocycles. The summed E-state index contributed by atoms with van der Waals surface area (Å²) in [5.74, 6) is 0. The van der Waals surface area contributed by atoms with Crippen molar-refractivity contribution < 1.29 is 31.1 Å². The van der Waals surface area contributed by atoms with Gasteiger partial charge in [-0.15, -0.1) is 0 Å². The van der Waals surface area contributed by atoms with Crippen LogP contribution in [0.1, 0.15) is 49.8 Å². The lowest BCUT2D eigenvalue weighted by Crippen LogP contribution is -2.14. The van der Waals surface area contributed by atoms with Gasteiger partial charge < -0.3 is 4.74 Å². The van der Waals surface area contributed by atoms with Crippen molar-refractivity contribution in [2.24, 2.45) is 0 Å². The Morgan fingerprint density at radius 2 is 1.41 bits per heavy atom. The zero-order chi connectivity index (χ0) is 17.0. The van der Waals surface area contributed by atoms with Gasteiger partial charge >= 0.3 is 12.4 Å². The molecular weight excluding hydrogens is 310 g/mol. The topological polar surface area (TPSA) is 9.23 Å². The average molecular weight is 328 g/mol. The summed E-state index contributed by atoms with van der Waals surface area (Å²) in [7, 11) is 0. The Bertz CT molecular complexity index is 446. The SMILES string of the molecule is CCCC(CC)OCc1cc(C(F)(F)F)cc(C(F)(F)F)c1. The molecule has 0 heterocycles. The molecule has 7 heteroatoms. The number of ether oxygens (including phenoxy) is 1. The molecule has 0 fully saturated rings. The minimum Gasteiger partial charge on any atom is -0.374 e. The van der Waals surface area contributed by atoms with Crippen LogP contribution in [0, 0.1) is 0 Å². The number of alkyl halides is 6. The van der Waals surface area contributed by atoms with Gasteiger partial charge in [0.15, 0.2) is 0 Å². The molecule has 0 radical (unpaired) electrons. The lowest BCUT2D eigenvalue weighted by molar-refractivity contribution is -0.143. The van der Waals surface area contributed by atoms with E-state index in [0.717, 1.165) is 6.42 Å². The zero-order valence-corrected chi connectivity index (χ0v) is 12.3. The van der Waals surface area contributed by atoms with Gasteiger partial charge in [-0.25, -0.2) is 0 Å². The summed E-state index contributed by atoms with van der Waals surface area (Å²) >= 11 is 0. The minimum absolute atomic E-state index is 0.118. The summed E-state index contributed by atoms with van der Waals surface area (Å²) in [6.07, 6.45) is -7.64. The normalized spacial score (nSPS) is 14.2. The Morgan fingerprint density at radius 1 is 0.909 bits per heavy atom. The smallest absolute Gasteiger partial charge is 0.374 e. The monoisotopic (exact) mass is 328 g/mol. The van der Waals surface area contributed by atoms with Gasteiger partial charge in [-0.05, 0) is 36.6 Å². The van der Waals surface area contributed by atoms with E-state index in [1.807, 2.05) is 13.8 Å². The van der Waals surface area contributed by atoms with E-state index in [1.54, 1.807) is 0 Å². The number of rotatable bonds is 6. The van der Waals surface area contributed by atoms with Gasteiger partial charge in [-0.1, -0.05) is 20.3 Å². The van der Waals surface area contributed by atoms with E-state index in [0.29, 0.717) is 25.0 Å². The van der Waals surface area contributed by atoms with Crippen molar-refractivity contribution in [1.29, 1.82) is 0 Å². The highest BCUT2D eigenvalue weighted by Gasteiger charge is 2.36. The van der Waals surface area contributed by atoms with E-state index >= 15 is 0 Å². The standard InChI is InChI=1S/C15H18F6O/c1-3-5-13(4-2)22-9-10-6-11(14(16,17)18)8-12(7-10)15(19,20)21/h6-8,13H,3-5,9H2,1-2H3. The van der Waals surface area contributed by atoms with E-state index in [4.69, 9.17) is 4.74 Å². The molecule has 1 nitrogen and oxygen atoms in total. The molecule has 0 saturated heterocycles. The Hall–Kier alpha value is -1.24. The predicted molar refractivity (Wildman–Crippen MR) is 70.2 cm³/mol. The van der Waals surface area contributed by atoms with E-state index in [-0.39, 0.29) is 24.3 Å². The highest BCUT2D eigenvalue weighted by Crippen LogP contribution is 2.36. The van der Waals surface area contributed by atoms with Crippen LogP contribution in [0.15, 0.2) is 18.2 Å². The maximum absolute atomic E-state index is 12.7. The molecule has 1 atom stereocenters. The predicted octanol–water partition coefficient (Wildman–Crippen LogP) is 5.82. The van der Waals surface area contributed by atoms with Gasteiger partial charge in [0.25, 0.3) is 0 Å². The molecule has 0 aliphatic heterocycles. The molecule has 0 amide bonds. The molecule has 0 bridgehead atoms. The van der Waals surface area contributed by atoms with Crippen LogP contribution in [-0.2, 0) is 23.7 Å². The Balaban J connectivity index is 3.03. The fraction of sp³-hybridized carbons (Fsp3) is 0.600. The van der Waals surface area contributed by atoms with Crippen molar-refractivity contribution in [3.63, 3.8) is 0 Å². The second-order valence-electron chi connectivity index (χ2n) is 5.04. The van der Waals surface area contributed by atoms with Gasteiger partial charge in [0, 0.05) is 0 Å². The second kappa shape index (κ2) is 7.35. The Morgan fingerprint density at radius 3 is 1.77 bits per heavy atom. The third kappa shape index (κ3) is 5.51. The fourth-order valence-corrected chi connectivity index (χ4v) is 2.04. The van der Waals surface area contributed by atoms with Crippen molar-refractivity contribution in [1.82, 2.24) is 0 Å². The first kappa shape index (κ1) is 18.8. The molecular formula is C15H18F6O. The average Bonchev–Trinajstić information content (AvgIpc) is 2.41. The molecule has 126 valence electrons. The van der Waals surface area contributed by atoms with Crippen molar-refractivity contribution >= 4 is 0 Å². The Labute approximate surface area is 125 Å². The maximum Gasteiger partial charge on any atom is 0.416 e. The van der Waals surface area contributed by atoms with Crippen molar-refractivity contribution in [3.05, 3.63) is 34.9 Å². The number of halogens is 6. The van der Waals surface area contributed by atoms with Crippen LogP contribution < -0.4 is 0 Å². The van der Waals surface area contributed by atoms with Crippen molar-refractivity contribution in [2.45, 2.75) is 58.2 Å². The fourth-order valence-electron chi connectivity index (χ4n) is 2.04. The molecule has 0 N–H and O–H groups in total. The van der Waals surface area contributed by atoms with Crippen LogP contribution in [0.5, 0.6) is 0 Å². The third-order valence-electron chi connectivity index (χ3n) is 3.20. The molecule has 1 unspecified atom stereocenters. The summed E-state index contributed by atoms with van der Waals surface area (Å²) in [5, 5.41) is 0. The maximum atomic E-state index is 12.7. The molecule has 0 aliphatic rings. The van der Waals surface area contributed by atoms with Gasteiger partial charge in [-0.2, -0.15) is 26.3 Å². The molecule has 0 aromatic heterocycles. The van der Waals surface area contributed by atoms with Crippen molar-refractivity contribution in [3.8, 4) is 0 Å². The first-order valence-electron chi connectivity index (χ1n) is 6.97. The van der Waals surface area contributed by atoms with Crippen LogP contribution >= 0.6 is 0 Å². The van der Waals surface area contributed by atoms with Crippen LogP contribution in [0.2, 0.25) is 0 Å². The zero-order valence-electron chi connectivity index (χ0n) is 12.3. The number of hydrogen-bond donors (Lipinski definition) is 0. The second-order valence-corrected chi connectivity index (χ2v) is 5.04. The molecule has 0 aliphatic carbocycles. The number of benzene rings is 1. The summed E-state index contributed by atoms with van der Waals surface area (Å²) in [6.45, 7) is 3.51. The van der Waals surface area contributed by atoms with Gasteiger partial charge in [0.2, 0.25) is 0 Å². The summed E-state index contributed by atoms with van der Waals surface area (Å²) < 4.78 is 81.7. The summed E-state index contributed by atoms with van der Waals surface area (Å²) in [4.78, 5) is 0. The van der Waals surface area contributed by atoms with Crippen LogP contribution in [-0.4, -0.2) is 6.10 Å². The lowest BCUT2D eigenvalue weighted by atomic mass is 10.0. The molecule has 22 heavy (non-hydrogen) atoms. The number of hydrogen-bond acceptors (Lipinski definition) is 1. The first-order valence-corrected chi connectivity index (χ1v) is 6.97. The molecule has 1 aromatic rings. The Kier molecular flexibility index (Phi) is 6.28. The minimum atomic E-state index is -4.83. The third-order valence-corrected chi connectivity index (χ3v) is 3.20. The molecule has 0 spiro atoms. The van der Waals surface area contributed by atoms with Crippen LogP contribution in [0.4, 0.5) is 26.3 Å². The lowest BCUT2D eigenvalue weighted by Gasteiger charge is -2.17. The quantitative estimate of drug-likeness (QED) is 0.598. The molecule has 1 aromatic carbocycles. The van der Waals surface area contributed by atoms with Crippen LogP contribution in [0.3, 0.4) is 0 Å². The summed E-state index contributed by atoms with van der Waals surface area (Å²) in [6, 6.07) is 1.52. The van der Waals surface area contributed by atoms with E-state index < -0.39 is 23.5 Å².